The predicted octanol–water partition coefficient (Wildman–Crippen LogP) is 5.34. The van der Waals surface area contributed by atoms with E-state index in [0.717, 1.165) is 22.9 Å². The van der Waals surface area contributed by atoms with Crippen LogP contribution >= 0.6 is 0 Å². The van der Waals surface area contributed by atoms with Gasteiger partial charge >= 0.3 is 0 Å². The van der Waals surface area contributed by atoms with Crippen LogP contribution in [-0.4, -0.2) is 10.9 Å². The number of hydrogen-bond acceptors (Lipinski definition) is 3. The third-order valence-corrected chi connectivity index (χ3v) is 4.36. The highest BCUT2D eigenvalue weighted by molar-refractivity contribution is 5.94. The number of halogens is 2. The Balaban J connectivity index is 1.40. The lowest BCUT2D eigenvalue weighted by Crippen LogP contribution is -2.12. The van der Waals surface area contributed by atoms with Gasteiger partial charge in [-0.15, -0.1) is 0 Å². The summed E-state index contributed by atoms with van der Waals surface area (Å²) in [6.07, 6.45) is 1.61. The van der Waals surface area contributed by atoms with Gasteiger partial charge in [0.1, 0.15) is 11.6 Å². The van der Waals surface area contributed by atoms with Crippen LogP contribution in [0.15, 0.2) is 71.3 Å². The number of nitrogens with zero attached hydrogens (tertiary/aromatic N) is 1. The van der Waals surface area contributed by atoms with E-state index in [0.29, 0.717) is 5.69 Å². The lowest BCUT2D eigenvalue weighted by molar-refractivity contribution is -0.116. The molecule has 0 spiro atoms. The molecule has 28 heavy (non-hydrogen) atoms. The van der Waals surface area contributed by atoms with Crippen LogP contribution in [0.4, 0.5) is 14.5 Å². The van der Waals surface area contributed by atoms with Crippen molar-refractivity contribution in [2.24, 2.45) is 0 Å². The monoisotopic (exact) mass is 378 g/mol. The van der Waals surface area contributed by atoms with Crippen molar-refractivity contribution >= 4 is 22.4 Å². The molecular weight excluding hydrogens is 362 g/mol. The summed E-state index contributed by atoms with van der Waals surface area (Å²) in [6, 6.07) is 17.1. The standard InChI is InChI=1S/C22H16F2N2O2/c23-17-6-3-7-18(24)22(17)19-13-25-21(28-19)11-10-20(27)26-16-9-8-14-4-1-2-5-15(14)12-16/h1-9,12-13H,10-11H2,(H,26,27). The van der Waals surface area contributed by atoms with Crippen molar-refractivity contribution in [3.8, 4) is 11.3 Å². The highest BCUT2D eigenvalue weighted by atomic mass is 19.1. The van der Waals surface area contributed by atoms with Gasteiger partial charge in [0.15, 0.2) is 11.7 Å². The van der Waals surface area contributed by atoms with Crippen molar-refractivity contribution < 1.29 is 18.0 Å². The van der Waals surface area contributed by atoms with Crippen molar-refractivity contribution in [1.29, 1.82) is 0 Å². The van der Waals surface area contributed by atoms with E-state index in [-0.39, 0.29) is 36.0 Å². The smallest absolute Gasteiger partial charge is 0.224 e. The molecule has 0 unspecified atom stereocenters. The quantitative estimate of drug-likeness (QED) is 0.510. The second kappa shape index (κ2) is 7.60. The molecule has 4 rings (SSSR count). The zero-order valence-corrected chi connectivity index (χ0v) is 14.8. The SMILES string of the molecule is O=C(CCc1ncc(-c2c(F)cccc2F)o1)Nc1ccc2ccccc2c1. The minimum absolute atomic E-state index is 0.000498. The maximum absolute atomic E-state index is 13.8. The summed E-state index contributed by atoms with van der Waals surface area (Å²) in [5, 5.41) is 4.96. The highest BCUT2D eigenvalue weighted by Gasteiger charge is 2.16. The van der Waals surface area contributed by atoms with E-state index in [9.17, 15) is 13.6 Å². The van der Waals surface area contributed by atoms with Crippen LogP contribution in [0.25, 0.3) is 22.1 Å². The van der Waals surface area contributed by atoms with Crippen molar-refractivity contribution in [3.05, 3.63) is 84.4 Å². The Morgan fingerprint density at radius 3 is 2.50 bits per heavy atom. The lowest BCUT2D eigenvalue weighted by atomic mass is 10.1. The van der Waals surface area contributed by atoms with Crippen molar-refractivity contribution in [3.63, 3.8) is 0 Å². The number of carbonyl (C=O) groups is 1. The number of aryl methyl sites for hydroxylation is 1. The van der Waals surface area contributed by atoms with E-state index >= 15 is 0 Å². The topological polar surface area (TPSA) is 55.1 Å². The summed E-state index contributed by atoms with van der Waals surface area (Å²) >= 11 is 0. The zero-order chi connectivity index (χ0) is 19.5. The van der Waals surface area contributed by atoms with Crippen LogP contribution in [0.5, 0.6) is 0 Å². The number of fused-ring (bicyclic) bond motifs is 1. The van der Waals surface area contributed by atoms with E-state index in [1.165, 1.54) is 12.3 Å². The number of amides is 1. The average Bonchev–Trinajstić information content (AvgIpc) is 3.15. The third-order valence-electron chi connectivity index (χ3n) is 4.36. The Morgan fingerprint density at radius 1 is 0.964 bits per heavy atom. The van der Waals surface area contributed by atoms with Gasteiger partial charge in [-0.1, -0.05) is 36.4 Å². The molecule has 0 aliphatic carbocycles. The molecule has 1 heterocycles. The Morgan fingerprint density at radius 2 is 1.71 bits per heavy atom. The minimum atomic E-state index is -0.725. The van der Waals surface area contributed by atoms with Crippen molar-refractivity contribution in [2.45, 2.75) is 12.8 Å². The molecule has 0 bridgehead atoms. The first kappa shape index (κ1) is 17.9. The number of anilines is 1. The molecule has 0 saturated heterocycles. The van der Waals surface area contributed by atoms with Gasteiger partial charge in [-0.25, -0.2) is 13.8 Å². The van der Waals surface area contributed by atoms with Gasteiger partial charge in [0.2, 0.25) is 5.91 Å². The number of oxazole rings is 1. The summed E-state index contributed by atoms with van der Waals surface area (Å²) in [4.78, 5) is 16.2. The molecule has 4 nitrogen and oxygen atoms in total. The molecule has 6 heteroatoms. The first-order chi connectivity index (χ1) is 13.6. The third kappa shape index (κ3) is 3.76. The largest absolute Gasteiger partial charge is 0.441 e. The molecule has 0 aliphatic heterocycles. The Kier molecular flexibility index (Phi) is 4.85. The van der Waals surface area contributed by atoms with Gasteiger partial charge in [0.25, 0.3) is 0 Å². The minimum Gasteiger partial charge on any atom is -0.441 e. The second-order valence-corrected chi connectivity index (χ2v) is 6.33. The van der Waals surface area contributed by atoms with E-state index in [1.807, 2.05) is 42.5 Å². The van der Waals surface area contributed by atoms with Gasteiger partial charge < -0.3 is 9.73 Å². The van der Waals surface area contributed by atoms with E-state index in [4.69, 9.17) is 4.42 Å². The summed E-state index contributed by atoms with van der Waals surface area (Å²) in [7, 11) is 0. The fraction of sp³-hybridized carbons (Fsp3) is 0.0909. The van der Waals surface area contributed by atoms with Gasteiger partial charge in [-0.3, -0.25) is 4.79 Å². The van der Waals surface area contributed by atoms with Crippen LogP contribution in [0, 0.1) is 11.6 Å². The second-order valence-electron chi connectivity index (χ2n) is 6.33. The molecule has 1 N–H and O–H groups in total. The summed E-state index contributed by atoms with van der Waals surface area (Å²) in [6.45, 7) is 0. The van der Waals surface area contributed by atoms with Gasteiger partial charge in [0, 0.05) is 18.5 Å². The average molecular weight is 378 g/mol. The number of nitrogens with one attached hydrogen (secondary N) is 1. The van der Waals surface area contributed by atoms with Crippen LogP contribution in [0.3, 0.4) is 0 Å². The number of rotatable bonds is 5. The van der Waals surface area contributed by atoms with E-state index < -0.39 is 11.6 Å². The molecule has 140 valence electrons. The van der Waals surface area contributed by atoms with Crippen LogP contribution in [0.2, 0.25) is 0 Å². The molecule has 0 radical (unpaired) electrons. The molecule has 0 aliphatic rings. The number of benzene rings is 3. The van der Waals surface area contributed by atoms with Crippen molar-refractivity contribution in [1.82, 2.24) is 4.98 Å². The summed E-state index contributed by atoms with van der Waals surface area (Å²) < 4.78 is 33.1. The molecule has 1 amide bonds. The van der Waals surface area contributed by atoms with Gasteiger partial charge in [0.05, 0.1) is 11.8 Å². The Bertz CT molecular complexity index is 1130. The molecule has 3 aromatic carbocycles. The van der Waals surface area contributed by atoms with Crippen LogP contribution in [0.1, 0.15) is 12.3 Å². The van der Waals surface area contributed by atoms with E-state index in [1.54, 1.807) is 0 Å². The van der Waals surface area contributed by atoms with Crippen LogP contribution in [-0.2, 0) is 11.2 Å². The summed E-state index contributed by atoms with van der Waals surface area (Å²) in [5.41, 5.74) is 0.437. The fourth-order valence-electron chi connectivity index (χ4n) is 2.99. The number of aromatic nitrogens is 1. The van der Waals surface area contributed by atoms with Crippen molar-refractivity contribution in [2.75, 3.05) is 5.32 Å². The fourth-order valence-corrected chi connectivity index (χ4v) is 2.99. The molecule has 0 atom stereocenters. The Hall–Kier alpha value is -3.54. The zero-order valence-electron chi connectivity index (χ0n) is 14.8. The molecular formula is C22H16F2N2O2. The first-order valence-corrected chi connectivity index (χ1v) is 8.78. The predicted molar refractivity (Wildman–Crippen MR) is 103 cm³/mol. The van der Waals surface area contributed by atoms with Gasteiger partial charge in [-0.05, 0) is 35.0 Å². The normalized spacial score (nSPS) is 10.9. The molecule has 0 saturated carbocycles. The maximum atomic E-state index is 13.8. The summed E-state index contributed by atoms with van der Waals surface area (Å²) in [5.74, 6) is -1.41. The first-order valence-electron chi connectivity index (χ1n) is 8.78. The molecule has 4 aromatic rings. The molecule has 0 fully saturated rings. The van der Waals surface area contributed by atoms with E-state index in [2.05, 4.69) is 10.3 Å². The molecule has 1 aromatic heterocycles. The number of hydrogen-bond donors (Lipinski definition) is 1. The maximum Gasteiger partial charge on any atom is 0.224 e. The van der Waals surface area contributed by atoms with Gasteiger partial charge in [-0.2, -0.15) is 0 Å². The lowest BCUT2D eigenvalue weighted by Gasteiger charge is -2.06. The van der Waals surface area contributed by atoms with Crippen LogP contribution < -0.4 is 5.32 Å². The Labute approximate surface area is 159 Å². The number of carbonyl (C=O) groups excluding carboxylic acids is 1. The highest BCUT2D eigenvalue weighted by Crippen LogP contribution is 2.27.